The lowest BCUT2D eigenvalue weighted by Crippen LogP contribution is -2.33. The summed E-state index contributed by atoms with van der Waals surface area (Å²) < 4.78 is 3.54. The van der Waals surface area contributed by atoms with E-state index in [0.29, 0.717) is 30.7 Å². The smallest absolute Gasteiger partial charge is 0.283 e. The Labute approximate surface area is 192 Å². The Morgan fingerprint density at radius 3 is 2.40 bits per heavy atom. The summed E-state index contributed by atoms with van der Waals surface area (Å²) in [7, 11) is 1.77. The topological polar surface area (TPSA) is 47.2 Å². The van der Waals surface area contributed by atoms with Gasteiger partial charge in [-0.05, 0) is 42.8 Å². The number of hydrogen-bond donors (Lipinski definition) is 0. The van der Waals surface area contributed by atoms with E-state index in [4.69, 9.17) is 35.4 Å². The molecule has 0 spiro atoms. The van der Waals surface area contributed by atoms with E-state index in [1.165, 1.54) is 9.58 Å². The van der Waals surface area contributed by atoms with E-state index >= 15 is 0 Å². The molecule has 0 atom stereocenters. The Balaban J connectivity index is 1.78. The Morgan fingerprint density at radius 2 is 1.73 bits per heavy atom. The highest BCUT2D eigenvalue weighted by molar-refractivity contribution is 8.27. The number of amides is 1. The molecular weight excluding hydrogens is 461 g/mol. The van der Waals surface area contributed by atoms with Crippen molar-refractivity contribution in [1.82, 2.24) is 9.36 Å². The first-order valence-corrected chi connectivity index (χ1v) is 10.8. The lowest BCUT2D eigenvalue weighted by atomic mass is 10.2. The van der Waals surface area contributed by atoms with Crippen molar-refractivity contribution in [3.63, 3.8) is 0 Å². The molecule has 1 aliphatic heterocycles. The van der Waals surface area contributed by atoms with Crippen LogP contribution in [0.25, 0.3) is 11.8 Å². The van der Waals surface area contributed by atoms with Gasteiger partial charge in [-0.15, -0.1) is 0 Å². The van der Waals surface area contributed by atoms with E-state index in [1.54, 1.807) is 42.9 Å². The molecule has 0 N–H and O–H groups in total. The van der Waals surface area contributed by atoms with Crippen molar-refractivity contribution in [2.45, 2.75) is 6.92 Å². The third kappa shape index (κ3) is 3.52. The molecule has 152 valence electrons. The summed E-state index contributed by atoms with van der Waals surface area (Å²) in [6.07, 6.45) is 1.69. The fraction of sp³-hybridized carbons (Fsp3) is 0.0952. The van der Waals surface area contributed by atoms with Crippen LogP contribution in [0.2, 0.25) is 10.0 Å². The monoisotopic (exact) mass is 475 g/mol. The maximum Gasteiger partial charge on any atom is 0.296 e. The van der Waals surface area contributed by atoms with Crippen LogP contribution >= 0.6 is 47.2 Å². The van der Waals surface area contributed by atoms with Crippen molar-refractivity contribution in [3.05, 3.63) is 85.1 Å². The van der Waals surface area contributed by atoms with Gasteiger partial charge in [-0.1, -0.05) is 71.4 Å². The number of rotatable bonds is 3. The first-order chi connectivity index (χ1) is 14.3. The third-order valence-corrected chi connectivity index (χ3v) is 6.82. The lowest BCUT2D eigenvalue weighted by molar-refractivity contribution is -0.113. The minimum absolute atomic E-state index is 0.251. The molecule has 5 nitrogen and oxygen atoms in total. The number of carbonyl (C=O) groups excluding carboxylic acids is 1. The zero-order valence-electron chi connectivity index (χ0n) is 15.9. The second-order valence-corrected chi connectivity index (χ2v) is 9.09. The molecule has 0 bridgehead atoms. The van der Waals surface area contributed by atoms with E-state index in [9.17, 15) is 9.59 Å². The number of para-hydroxylation sites is 1. The molecule has 3 aromatic rings. The second-order valence-electron chi connectivity index (χ2n) is 6.60. The lowest BCUT2D eigenvalue weighted by Gasteiger charge is -2.12. The van der Waals surface area contributed by atoms with E-state index in [-0.39, 0.29) is 17.2 Å². The van der Waals surface area contributed by atoms with E-state index in [2.05, 4.69) is 0 Å². The van der Waals surface area contributed by atoms with Gasteiger partial charge in [0.15, 0.2) is 4.32 Å². The van der Waals surface area contributed by atoms with Gasteiger partial charge in [0.2, 0.25) is 0 Å². The van der Waals surface area contributed by atoms with Crippen LogP contribution in [0.1, 0.15) is 11.3 Å². The second kappa shape index (κ2) is 8.07. The van der Waals surface area contributed by atoms with Gasteiger partial charge in [0.25, 0.3) is 11.5 Å². The van der Waals surface area contributed by atoms with Gasteiger partial charge in [-0.25, -0.2) is 4.68 Å². The molecule has 1 aliphatic rings. The molecular formula is C21H15Cl2N3O2S2. The van der Waals surface area contributed by atoms with Crippen LogP contribution in [0.5, 0.6) is 0 Å². The summed E-state index contributed by atoms with van der Waals surface area (Å²) in [5, 5.41) is 0.827. The highest BCUT2D eigenvalue weighted by Crippen LogP contribution is 2.37. The predicted molar refractivity (Wildman–Crippen MR) is 128 cm³/mol. The van der Waals surface area contributed by atoms with Crippen molar-refractivity contribution in [1.29, 1.82) is 0 Å². The molecule has 2 heterocycles. The maximum absolute atomic E-state index is 13.3. The zero-order valence-corrected chi connectivity index (χ0v) is 19.1. The van der Waals surface area contributed by atoms with Gasteiger partial charge >= 0.3 is 0 Å². The number of thioether (sulfide) groups is 1. The third-order valence-electron chi connectivity index (χ3n) is 4.78. The molecule has 0 saturated carbocycles. The highest BCUT2D eigenvalue weighted by atomic mass is 35.5. The Kier molecular flexibility index (Phi) is 5.63. The molecule has 2 aromatic carbocycles. The van der Waals surface area contributed by atoms with Crippen LogP contribution in [0.3, 0.4) is 0 Å². The minimum Gasteiger partial charge on any atom is -0.283 e. The quantitative estimate of drug-likeness (QED) is 0.385. The molecule has 4 rings (SSSR count). The molecule has 0 unspecified atom stereocenters. The molecule has 1 saturated heterocycles. The molecule has 1 aromatic heterocycles. The van der Waals surface area contributed by atoms with Crippen LogP contribution < -0.4 is 10.5 Å². The first kappa shape index (κ1) is 20.9. The van der Waals surface area contributed by atoms with Crippen LogP contribution in [-0.2, 0) is 11.8 Å². The normalized spacial score (nSPS) is 15.5. The average Bonchev–Trinajstić information content (AvgIpc) is 3.11. The number of nitrogens with zero attached hydrogens (tertiary/aromatic N) is 3. The van der Waals surface area contributed by atoms with Crippen molar-refractivity contribution in [2.24, 2.45) is 7.05 Å². The van der Waals surface area contributed by atoms with Crippen LogP contribution in [-0.4, -0.2) is 19.6 Å². The SMILES string of the molecule is Cc1c(N2C(=O)/C(=C\c3ccc(Cl)c(Cl)c3)SC2=S)c(=O)n(-c2ccccc2)n1C. The summed E-state index contributed by atoms with van der Waals surface area (Å²) in [6.45, 7) is 1.79. The Hall–Kier alpha value is -2.32. The van der Waals surface area contributed by atoms with E-state index in [1.807, 2.05) is 30.3 Å². The molecule has 1 amide bonds. The summed E-state index contributed by atoms with van der Waals surface area (Å²) in [6, 6.07) is 14.3. The number of carbonyl (C=O) groups is 1. The van der Waals surface area contributed by atoms with Gasteiger partial charge in [0.05, 0.1) is 26.3 Å². The van der Waals surface area contributed by atoms with Gasteiger partial charge in [-0.3, -0.25) is 19.2 Å². The average molecular weight is 476 g/mol. The molecule has 9 heteroatoms. The van der Waals surface area contributed by atoms with Gasteiger partial charge < -0.3 is 0 Å². The number of aromatic nitrogens is 2. The van der Waals surface area contributed by atoms with Crippen LogP contribution in [0.4, 0.5) is 5.69 Å². The van der Waals surface area contributed by atoms with Gasteiger partial charge in [-0.2, -0.15) is 0 Å². The number of anilines is 1. The summed E-state index contributed by atoms with van der Waals surface area (Å²) in [5.41, 5.74) is 2.00. The number of halogens is 2. The summed E-state index contributed by atoms with van der Waals surface area (Å²) in [4.78, 5) is 28.1. The van der Waals surface area contributed by atoms with Crippen molar-refractivity contribution in [3.8, 4) is 5.69 Å². The van der Waals surface area contributed by atoms with E-state index < -0.39 is 0 Å². The highest BCUT2D eigenvalue weighted by Gasteiger charge is 2.37. The minimum atomic E-state index is -0.345. The standard InChI is InChI=1S/C21H15Cl2N3O2S2/c1-12-18(20(28)26(24(12)2)14-6-4-3-5-7-14)25-19(27)17(30-21(25)29)11-13-8-9-15(22)16(23)10-13/h3-11H,1-2H3/b17-11+. The number of hydrogen-bond acceptors (Lipinski definition) is 4. The van der Waals surface area contributed by atoms with E-state index in [0.717, 1.165) is 17.3 Å². The molecule has 0 radical (unpaired) electrons. The zero-order chi connectivity index (χ0) is 21.6. The van der Waals surface area contributed by atoms with Crippen LogP contribution in [0, 0.1) is 6.92 Å². The number of benzene rings is 2. The summed E-state index contributed by atoms with van der Waals surface area (Å²) >= 11 is 18.6. The van der Waals surface area contributed by atoms with Crippen LogP contribution in [0.15, 0.2) is 58.2 Å². The van der Waals surface area contributed by atoms with Gasteiger partial charge in [0.1, 0.15) is 5.69 Å². The first-order valence-electron chi connectivity index (χ1n) is 8.86. The Bertz CT molecular complexity index is 1280. The predicted octanol–water partition coefficient (Wildman–Crippen LogP) is 5.20. The Morgan fingerprint density at radius 1 is 1.03 bits per heavy atom. The fourth-order valence-corrected chi connectivity index (χ4v) is 4.80. The summed E-state index contributed by atoms with van der Waals surface area (Å²) in [5.74, 6) is -0.345. The van der Waals surface area contributed by atoms with Crippen molar-refractivity contribution < 1.29 is 4.79 Å². The molecule has 1 fully saturated rings. The number of thiocarbonyl (C=S) groups is 1. The van der Waals surface area contributed by atoms with Crippen molar-refractivity contribution in [2.75, 3.05) is 4.90 Å². The molecule has 30 heavy (non-hydrogen) atoms. The van der Waals surface area contributed by atoms with Gasteiger partial charge in [0, 0.05) is 7.05 Å². The largest absolute Gasteiger partial charge is 0.296 e. The fourth-order valence-electron chi connectivity index (χ4n) is 3.23. The maximum atomic E-state index is 13.3. The molecule has 0 aliphatic carbocycles. The van der Waals surface area contributed by atoms with Crippen molar-refractivity contribution >= 4 is 69.2 Å².